The smallest absolute Gasteiger partial charge is 0.169 e. The number of carbonyl (C=O) groups is 1. The summed E-state index contributed by atoms with van der Waals surface area (Å²) in [6, 6.07) is 3.93. The van der Waals surface area contributed by atoms with Gasteiger partial charge in [-0.05, 0) is 43.9 Å². The number of Topliss-reactive ketones (excluding diaryl/α,β-unsaturated/α-hetero) is 1. The molecule has 1 unspecified atom stereocenters. The van der Waals surface area contributed by atoms with Gasteiger partial charge in [0.15, 0.2) is 5.78 Å². The minimum absolute atomic E-state index is 0.0860. The molecule has 1 aliphatic rings. The van der Waals surface area contributed by atoms with E-state index in [9.17, 15) is 4.79 Å². The van der Waals surface area contributed by atoms with Crippen molar-refractivity contribution in [3.8, 4) is 5.75 Å². The van der Waals surface area contributed by atoms with Crippen LogP contribution in [0.4, 0.5) is 0 Å². The van der Waals surface area contributed by atoms with Gasteiger partial charge in [-0.15, -0.1) is 0 Å². The van der Waals surface area contributed by atoms with Gasteiger partial charge in [-0.25, -0.2) is 0 Å². The van der Waals surface area contributed by atoms with E-state index in [1.807, 2.05) is 26.0 Å². The number of aryl methyl sites for hydroxylation is 2. The zero-order valence-electron chi connectivity index (χ0n) is 11.3. The molecule has 0 bridgehead atoms. The van der Waals surface area contributed by atoms with Gasteiger partial charge in [0.25, 0.3) is 0 Å². The average molecular weight is 248 g/mol. The summed E-state index contributed by atoms with van der Waals surface area (Å²) in [6.07, 6.45) is 2.59. The van der Waals surface area contributed by atoms with E-state index in [1.54, 1.807) is 7.11 Å². The maximum atomic E-state index is 12.4. The van der Waals surface area contributed by atoms with Crippen LogP contribution < -0.4 is 4.74 Å². The lowest BCUT2D eigenvalue weighted by Crippen LogP contribution is -2.14. The monoisotopic (exact) mass is 248 g/mol. The molecule has 0 aromatic heterocycles. The first-order valence-electron chi connectivity index (χ1n) is 6.42. The van der Waals surface area contributed by atoms with Crippen LogP contribution in [-0.2, 0) is 4.74 Å². The molecule has 1 heterocycles. The van der Waals surface area contributed by atoms with Crippen LogP contribution in [0.2, 0.25) is 0 Å². The summed E-state index contributed by atoms with van der Waals surface area (Å²) in [6.45, 7) is 4.74. The summed E-state index contributed by atoms with van der Waals surface area (Å²) in [5.74, 6) is 0.798. The molecule has 0 spiro atoms. The summed E-state index contributed by atoms with van der Waals surface area (Å²) in [4.78, 5) is 12.4. The van der Waals surface area contributed by atoms with Gasteiger partial charge in [0.1, 0.15) is 5.75 Å². The minimum Gasteiger partial charge on any atom is -0.496 e. The van der Waals surface area contributed by atoms with E-state index in [1.165, 1.54) is 0 Å². The van der Waals surface area contributed by atoms with Gasteiger partial charge in [-0.2, -0.15) is 0 Å². The Morgan fingerprint density at radius 1 is 1.44 bits per heavy atom. The highest BCUT2D eigenvalue weighted by Crippen LogP contribution is 2.27. The molecule has 3 heteroatoms. The maximum absolute atomic E-state index is 12.4. The van der Waals surface area contributed by atoms with Crippen LogP contribution in [0.1, 0.15) is 40.7 Å². The highest BCUT2D eigenvalue weighted by molar-refractivity contribution is 6.00. The van der Waals surface area contributed by atoms with Gasteiger partial charge in [0.2, 0.25) is 0 Å². The van der Waals surface area contributed by atoms with E-state index in [0.717, 1.165) is 30.6 Å². The second kappa shape index (κ2) is 5.53. The van der Waals surface area contributed by atoms with Crippen molar-refractivity contribution in [1.29, 1.82) is 0 Å². The second-order valence-corrected chi connectivity index (χ2v) is 4.92. The standard InChI is InChI=1S/C15H20O3/c1-10-7-11(2)15(14(8-10)17-3)13(16)9-12-5-4-6-18-12/h7-8,12H,4-6,9H2,1-3H3. The second-order valence-electron chi connectivity index (χ2n) is 4.92. The first kappa shape index (κ1) is 13.1. The molecule has 0 N–H and O–H groups in total. The fourth-order valence-electron chi connectivity index (χ4n) is 2.56. The number of hydrogen-bond donors (Lipinski definition) is 0. The summed E-state index contributed by atoms with van der Waals surface area (Å²) in [7, 11) is 1.61. The first-order chi connectivity index (χ1) is 8.61. The van der Waals surface area contributed by atoms with Gasteiger partial charge >= 0.3 is 0 Å². The Morgan fingerprint density at radius 2 is 2.22 bits per heavy atom. The third-order valence-electron chi connectivity index (χ3n) is 3.38. The molecular formula is C15H20O3. The zero-order chi connectivity index (χ0) is 13.1. The molecule has 1 fully saturated rings. The van der Waals surface area contributed by atoms with Crippen LogP contribution in [0.15, 0.2) is 12.1 Å². The Morgan fingerprint density at radius 3 is 2.83 bits per heavy atom. The Balaban J connectivity index is 2.23. The van der Waals surface area contributed by atoms with Crippen molar-refractivity contribution in [2.75, 3.05) is 13.7 Å². The van der Waals surface area contributed by atoms with Crippen LogP contribution in [-0.4, -0.2) is 25.6 Å². The van der Waals surface area contributed by atoms with Crippen molar-refractivity contribution in [2.45, 2.75) is 39.2 Å². The van der Waals surface area contributed by atoms with Crippen molar-refractivity contribution in [3.05, 3.63) is 28.8 Å². The van der Waals surface area contributed by atoms with Gasteiger partial charge in [0.05, 0.1) is 18.8 Å². The van der Waals surface area contributed by atoms with Crippen LogP contribution in [0.5, 0.6) is 5.75 Å². The van der Waals surface area contributed by atoms with Crippen LogP contribution in [0.25, 0.3) is 0 Å². The Hall–Kier alpha value is -1.35. The molecule has 1 aromatic rings. The number of benzene rings is 1. The Labute approximate surface area is 108 Å². The maximum Gasteiger partial charge on any atom is 0.169 e. The molecule has 0 radical (unpaired) electrons. The van der Waals surface area contributed by atoms with Crippen molar-refractivity contribution >= 4 is 5.78 Å². The highest BCUT2D eigenvalue weighted by atomic mass is 16.5. The number of rotatable bonds is 4. The molecule has 2 rings (SSSR count). The van der Waals surface area contributed by atoms with E-state index < -0.39 is 0 Å². The quantitative estimate of drug-likeness (QED) is 0.768. The third kappa shape index (κ3) is 2.72. The number of ether oxygens (including phenoxy) is 2. The molecule has 98 valence electrons. The molecule has 0 aliphatic carbocycles. The predicted octanol–water partition coefficient (Wildman–Crippen LogP) is 3.06. The first-order valence-corrected chi connectivity index (χ1v) is 6.42. The topological polar surface area (TPSA) is 35.5 Å². The van der Waals surface area contributed by atoms with Gasteiger partial charge < -0.3 is 9.47 Å². The van der Waals surface area contributed by atoms with Crippen molar-refractivity contribution in [3.63, 3.8) is 0 Å². The molecule has 1 atom stereocenters. The van der Waals surface area contributed by atoms with Crippen molar-refractivity contribution in [1.82, 2.24) is 0 Å². The lowest BCUT2D eigenvalue weighted by Gasteiger charge is -2.14. The van der Waals surface area contributed by atoms with E-state index in [4.69, 9.17) is 9.47 Å². The highest BCUT2D eigenvalue weighted by Gasteiger charge is 2.23. The summed E-state index contributed by atoms with van der Waals surface area (Å²) in [5, 5.41) is 0. The largest absolute Gasteiger partial charge is 0.496 e. The summed E-state index contributed by atoms with van der Waals surface area (Å²) < 4.78 is 10.9. The van der Waals surface area contributed by atoms with Crippen LogP contribution in [0, 0.1) is 13.8 Å². The van der Waals surface area contributed by atoms with E-state index in [2.05, 4.69) is 0 Å². The lowest BCUT2D eigenvalue weighted by molar-refractivity contribution is 0.0773. The fourth-order valence-corrected chi connectivity index (χ4v) is 2.56. The molecule has 0 amide bonds. The summed E-state index contributed by atoms with van der Waals surface area (Å²) >= 11 is 0. The Kier molecular flexibility index (Phi) is 4.02. The van der Waals surface area contributed by atoms with Gasteiger partial charge in [0, 0.05) is 13.0 Å². The third-order valence-corrected chi connectivity index (χ3v) is 3.38. The van der Waals surface area contributed by atoms with E-state index in [0.29, 0.717) is 17.7 Å². The molecule has 0 saturated carbocycles. The average Bonchev–Trinajstić information content (AvgIpc) is 2.80. The predicted molar refractivity (Wildman–Crippen MR) is 70.4 cm³/mol. The van der Waals surface area contributed by atoms with Gasteiger partial charge in [-0.3, -0.25) is 4.79 Å². The van der Waals surface area contributed by atoms with Crippen molar-refractivity contribution in [2.24, 2.45) is 0 Å². The van der Waals surface area contributed by atoms with Crippen LogP contribution in [0.3, 0.4) is 0 Å². The minimum atomic E-state index is 0.0860. The zero-order valence-corrected chi connectivity index (χ0v) is 11.3. The molecule has 3 nitrogen and oxygen atoms in total. The van der Waals surface area contributed by atoms with Gasteiger partial charge in [-0.1, -0.05) is 6.07 Å². The van der Waals surface area contributed by atoms with Crippen molar-refractivity contribution < 1.29 is 14.3 Å². The number of ketones is 1. The molecule has 1 saturated heterocycles. The number of hydrogen-bond acceptors (Lipinski definition) is 3. The molecule has 1 aliphatic heterocycles. The summed E-state index contributed by atoms with van der Waals surface area (Å²) in [5.41, 5.74) is 2.80. The van der Waals surface area contributed by atoms with Crippen LogP contribution >= 0.6 is 0 Å². The Bertz CT molecular complexity index is 445. The fraction of sp³-hybridized carbons (Fsp3) is 0.533. The molecule has 1 aromatic carbocycles. The van der Waals surface area contributed by atoms with E-state index in [-0.39, 0.29) is 11.9 Å². The normalized spacial score (nSPS) is 18.9. The number of carbonyl (C=O) groups excluding carboxylic acids is 1. The SMILES string of the molecule is COc1cc(C)cc(C)c1C(=O)CC1CCCO1. The molecular weight excluding hydrogens is 228 g/mol. The molecule has 18 heavy (non-hydrogen) atoms. The van der Waals surface area contributed by atoms with E-state index >= 15 is 0 Å². The number of methoxy groups -OCH3 is 1. The lowest BCUT2D eigenvalue weighted by atomic mass is 9.97.